The van der Waals surface area contributed by atoms with Crippen LogP contribution in [0.25, 0.3) is 11.5 Å². The van der Waals surface area contributed by atoms with Gasteiger partial charge in [-0.05, 0) is 13.8 Å². The molecule has 0 aromatic rings. The molecule has 2 rings (SSSR count). The number of hydrogen-bond acceptors (Lipinski definition) is 8. The van der Waals surface area contributed by atoms with Crippen molar-refractivity contribution in [3.63, 3.8) is 0 Å². The van der Waals surface area contributed by atoms with Crippen molar-refractivity contribution in [2.45, 2.75) is 38.7 Å². The van der Waals surface area contributed by atoms with E-state index in [1.165, 1.54) is 4.57 Å². The molecule has 5 N–H and O–H groups in total. The highest BCUT2D eigenvalue weighted by Crippen LogP contribution is 2.18. The monoisotopic (exact) mass is 335 g/mol. The predicted molar refractivity (Wildman–Crippen MR) is 78.1 cm³/mol. The molecule has 2 aliphatic heterocycles. The van der Waals surface area contributed by atoms with Crippen molar-refractivity contribution in [1.82, 2.24) is 19.5 Å². The van der Waals surface area contributed by atoms with Gasteiger partial charge < -0.3 is 25.0 Å². The highest BCUT2D eigenvalue weighted by atomic mass is 16.5. The number of rotatable bonds is 5. The largest absolute Gasteiger partial charge is 0.394 e. The first-order valence-electron chi connectivity index (χ1n) is 6.89. The summed E-state index contributed by atoms with van der Waals surface area (Å²) >= 11 is 0. The van der Waals surface area contributed by atoms with Gasteiger partial charge >= 0.3 is 5.69 Å². The number of fused-ring (bicyclic) bond motifs is 1. The van der Waals surface area contributed by atoms with Crippen LogP contribution in [0.1, 0.15) is 11.4 Å². The number of nitrogens with one attached hydrogen (secondary N) is 1. The number of aliphatic hydroxyl groups is 4. The number of aryl methyl sites for hydroxylation is 1. The van der Waals surface area contributed by atoms with Gasteiger partial charge in [-0.1, -0.05) is 0 Å². The Balaban J connectivity index is 2.53. The average molecular weight is 335 g/mol. The van der Waals surface area contributed by atoms with Crippen molar-refractivity contribution < 1.29 is 20.4 Å². The van der Waals surface area contributed by atoms with Crippen LogP contribution in [-0.2, 0) is 6.54 Å². The minimum Gasteiger partial charge on any atom is -0.394 e. The van der Waals surface area contributed by atoms with E-state index in [0.717, 1.165) is 0 Å². The molecule has 3 atom stereocenters. The summed E-state index contributed by atoms with van der Waals surface area (Å²) in [7, 11) is 0. The lowest BCUT2D eigenvalue weighted by Crippen LogP contribution is -2.42. The lowest BCUT2D eigenvalue weighted by molar-refractivity contribution is -0.0807. The van der Waals surface area contributed by atoms with Crippen molar-refractivity contribution in [2.24, 2.45) is 0 Å². The number of hydrogen-bond donors (Lipinski definition) is 5. The molecule has 0 bridgehead atoms. The van der Waals surface area contributed by atoms with Crippen LogP contribution in [0.5, 0.6) is 0 Å². The minimum absolute atomic E-state index is 0.0356. The first-order valence-corrected chi connectivity index (χ1v) is 6.89. The summed E-state index contributed by atoms with van der Waals surface area (Å²) in [5.41, 5.74) is -0.626. The predicted octanol–water partition coefficient (Wildman–Crippen LogP) is -2.88. The van der Waals surface area contributed by atoms with E-state index in [9.17, 15) is 24.9 Å². The zero-order valence-corrected chi connectivity index (χ0v) is 12.6. The maximum Gasteiger partial charge on any atom is 0.349 e. The molecule has 0 aromatic carbocycles. The van der Waals surface area contributed by atoms with Crippen LogP contribution in [0.2, 0.25) is 0 Å². The van der Waals surface area contributed by atoms with Crippen LogP contribution < -0.4 is 11.2 Å². The zero-order valence-electron chi connectivity index (χ0n) is 12.6. The van der Waals surface area contributed by atoms with Crippen LogP contribution in [0.3, 0.4) is 0 Å². The molecule has 0 unspecified atom stereocenters. The van der Waals surface area contributed by atoms with Crippen LogP contribution in [0, 0.1) is 13.8 Å². The zero-order chi connectivity index (χ0) is 17.3. The topological polar surface area (TPSA) is 162 Å². The van der Waals surface area contributed by atoms with Gasteiger partial charge in [-0.25, -0.2) is 9.78 Å². The molecule has 2 aliphatic rings. The summed E-state index contributed by atoms with van der Waals surface area (Å²) in [5, 5.41) is 38.0. The van der Waals surface area contributed by atoms with Gasteiger partial charge in [-0.15, -0.1) is 0 Å². The van der Waals surface area contributed by atoms with E-state index in [1.807, 2.05) is 4.98 Å². The lowest BCUT2D eigenvalue weighted by atomic mass is 10.4. The Morgan fingerprint density at radius 3 is 2.39 bits per heavy atom. The molecule has 0 saturated heterocycles. The molecule has 10 heteroatoms. The third kappa shape index (κ3) is 3.29. The second kappa shape index (κ2) is 6.54. The Morgan fingerprint density at radius 2 is 1.78 bits per heavy atom. The number of H-pyrrole nitrogens is 1. The van der Waals surface area contributed by atoms with Crippen molar-refractivity contribution in [1.29, 1.82) is 0 Å². The quantitative estimate of drug-likeness (QED) is 0.364. The molecule has 126 valence electrons. The van der Waals surface area contributed by atoms with Gasteiger partial charge in [0.15, 0.2) is 11.5 Å². The highest BCUT2D eigenvalue weighted by Gasteiger charge is 2.27. The van der Waals surface area contributed by atoms with E-state index in [2.05, 4.69) is 9.97 Å². The van der Waals surface area contributed by atoms with Crippen LogP contribution >= 0.6 is 0 Å². The molecule has 0 amide bonds. The first-order chi connectivity index (χ1) is 10.8. The minimum atomic E-state index is -1.61. The molecule has 0 saturated carbocycles. The number of aromatic nitrogens is 4. The molecule has 0 spiro atoms. The molecular weight excluding hydrogens is 317 g/mol. The maximum atomic E-state index is 11.8. The Kier molecular flexibility index (Phi) is 4.90. The number of nitrogens with zero attached hydrogens (tertiary/aromatic N) is 3. The fraction of sp³-hybridized carbons (Fsp3) is 0.538. The van der Waals surface area contributed by atoms with Gasteiger partial charge in [-0.3, -0.25) is 9.78 Å². The summed E-state index contributed by atoms with van der Waals surface area (Å²) in [4.78, 5) is 33.1. The molecule has 0 fully saturated rings. The number of aliphatic hydroxyl groups excluding tert-OH is 4. The second-order valence-corrected chi connectivity index (χ2v) is 5.24. The molecule has 0 aliphatic carbocycles. The van der Waals surface area contributed by atoms with E-state index in [-0.39, 0.29) is 18.1 Å². The van der Waals surface area contributed by atoms with E-state index in [4.69, 9.17) is 5.11 Å². The smallest absolute Gasteiger partial charge is 0.349 e. The van der Waals surface area contributed by atoms with Crippen molar-refractivity contribution in [2.75, 3.05) is 6.61 Å². The van der Waals surface area contributed by atoms with Gasteiger partial charge in [0.05, 0.1) is 18.8 Å². The molecule has 0 aromatic heterocycles. The fourth-order valence-electron chi connectivity index (χ4n) is 2.21. The Hall–Kier alpha value is -2.14. The summed E-state index contributed by atoms with van der Waals surface area (Å²) in [6.45, 7) is 2.32. The summed E-state index contributed by atoms with van der Waals surface area (Å²) in [6, 6.07) is 0. The fourth-order valence-corrected chi connectivity index (χ4v) is 2.21. The Morgan fingerprint density at radius 1 is 1.13 bits per heavy atom. The van der Waals surface area contributed by atoms with Crippen LogP contribution in [-0.4, -0.2) is 64.9 Å². The normalized spacial score (nSPS) is 15.6. The standard InChI is InChI=1S/C13H18N4O6/c1-5-6(2)17(3-7(19)10(21)8(20)4-18)11-9(14-5)12(22)16-13(23)15-11/h7-8,10,18-21H,3-4H2,1-2H3,(H,16,22,23)/t7-,8+,10-/m0/s1/i1+1,2+1,3+1,4+1,5+1,6+1,7+1,8+1,10+1. The van der Waals surface area contributed by atoms with Gasteiger partial charge in [0.2, 0.25) is 0 Å². The maximum absolute atomic E-state index is 11.8. The molecule has 23 heavy (non-hydrogen) atoms. The van der Waals surface area contributed by atoms with Crippen molar-refractivity contribution >= 4 is 0 Å². The van der Waals surface area contributed by atoms with Crippen molar-refractivity contribution in [3.8, 4) is 11.5 Å². The lowest BCUT2D eigenvalue weighted by Gasteiger charge is -2.25. The summed E-state index contributed by atoms with van der Waals surface area (Å²) in [6.07, 6.45) is -4.59. The summed E-state index contributed by atoms with van der Waals surface area (Å²) in [5.74, 6) is -0.0356. The third-order valence-electron chi connectivity index (χ3n) is 3.66. The average Bonchev–Trinajstić information content (AvgIpc) is 2.51. The van der Waals surface area contributed by atoms with Gasteiger partial charge in [-0.2, -0.15) is 4.98 Å². The van der Waals surface area contributed by atoms with E-state index in [0.29, 0.717) is 11.4 Å². The van der Waals surface area contributed by atoms with Crippen LogP contribution in [0.4, 0.5) is 0 Å². The Bertz CT molecular complexity index is 785. The van der Waals surface area contributed by atoms with Crippen LogP contribution in [0.15, 0.2) is 9.59 Å². The second-order valence-electron chi connectivity index (χ2n) is 5.24. The van der Waals surface area contributed by atoms with E-state index >= 15 is 0 Å². The van der Waals surface area contributed by atoms with E-state index in [1.54, 1.807) is 13.8 Å². The SMILES string of the molecule is [13CH3][13c]1nc2c(=O)[nH]c(=O)nc-2n([13CH2][13C@H](O)[13C@H](O)[13C@H](O)[13CH2]O)[13c]1[13CH3]. The third-order valence-corrected chi connectivity index (χ3v) is 3.66. The van der Waals surface area contributed by atoms with Crippen molar-refractivity contribution in [3.05, 3.63) is 32.2 Å². The van der Waals surface area contributed by atoms with E-state index < -0.39 is 36.2 Å². The first kappa shape index (κ1) is 17.2. The van der Waals surface area contributed by atoms with Gasteiger partial charge in [0.1, 0.15) is 18.3 Å². The summed E-state index contributed by atoms with van der Waals surface area (Å²) < 4.78 is 1.37. The molecule has 0 radical (unpaired) electrons. The highest BCUT2D eigenvalue weighted by molar-refractivity contribution is 5.50. The molecule has 10 nitrogen and oxygen atoms in total. The number of aromatic amines is 1. The molecular formula is C13H18N4O6. The Labute approximate surface area is 130 Å². The van der Waals surface area contributed by atoms with Gasteiger partial charge in [0.25, 0.3) is 5.56 Å². The van der Waals surface area contributed by atoms with Gasteiger partial charge in [0, 0.05) is 5.69 Å². The molecule has 2 heterocycles.